The van der Waals surface area contributed by atoms with Gasteiger partial charge in [-0.25, -0.2) is 13.4 Å². The van der Waals surface area contributed by atoms with Crippen LogP contribution < -0.4 is 4.90 Å². The Morgan fingerprint density at radius 2 is 1.50 bits per heavy atom. The summed E-state index contributed by atoms with van der Waals surface area (Å²) in [6.07, 6.45) is 1.62. The Labute approximate surface area is 179 Å². The summed E-state index contributed by atoms with van der Waals surface area (Å²) in [6.45, 7) is 11.6. The molecule has 162 valence electrons. The highest BCUT2D eigenvalue weighted by atomic mass is 32.2. The third-order valence-electron chi connectivity index (χ3n) is 5.76. The highest BCUT2D eigenvalue weighted by Gasteiger charge is 2.35. The van der Waals surface area contributed by atoms with Crippen LogP contribution in [0.4, 0.5) is 5.69 Å². The van der Waals surface area contributed by atoms with Crippen molar-refractivity contribution < 1.29 is 13.2 Å². The van der Waals surface area contributed by atoms with Crippen molar-refractivity contribution in [1.29, 1.82) is 0 Å². The van der Waals surface area contributed by atoms with Crippen LogP contribution in [0, 0.1) is 0 Å². The molecule has 1 fully saturated rings. The maximum Gasteiger partial charge on any atom is 0.232 e. The van der Waals surface area contributed by atoms with Crippen LogP contribution in [0.1, 0.15) is 40.2 Å². The molecule has 2 heterocycles. The molecule has 2 aromatic rings. The number of pyridine rings is 1. The topological polar surface area (TPSA) is 70.6 Å². The van der Waals surface area contributed by atoms with Gasteiger partial charge < -0.3 is 9.80 Å². The van der Waals surface area contributed by atoms with E-state index >= 15 is 0 Å². The van der Waals surface area contributed by atoms with Gasteiger partial charge in [-0.2, -0.15) is 0 Å². The monoisotopic (exact) mass is 429 g/mol. The van der Waals surface area contributed by atoms with Crippen molar-refractivity contribution in [2.24, 2.45) is 0 Å². The SMILES string of the molecule is CC(C)(C(=O)N1CCN(c2ccc(S(=O)(=O)C(C)(C)C)nc2)CC1)c1ccccc1. The van der Waals surface area contributed by atoms with Crippen molar-refractivity contribution in [2.75, 3.05) is 31.1 Å². The summed E-state index contributed by atoms with van der Waals surface area (Å²) in [5, 5.41) is 0.0946. The summed E-state index contributed by atoms with van der Waals surface area (Å²) in [6, 6.07) is 13.2. The molecular weight excluding hydrogens is 398 g/mol. The summed E-state index contributed by atoms with van der Waals surface area (Å²) in [5.74, 6) is 0.123. The molecule has 30 heavy (non-hydrogen) atoms. The molecule has 6 nitrogen and oxygen atoms in total. The lowest BCUT2D eigenvalue weighted by atomic mass is 9.83. The average Bonchev–Trinajstić information content (AvgIpc) is 2.73. The van der Waals surface area contributed by atoms with Gasteiger partial charge in [-0.15, -0.1) is 0 Å². The van der Waals surface area contributed by atoms with Gasteiger partial charge in [0, 0.05) is 26.2 Å². The Hall–Kier alpha value is -2.41. The highest BCUT2D eigenvalue weighted by Crippen LogP contribution is 2.28. The van der Waals surface area contributed by atoms with Crippen molar-refractivity contribution in [3.8, 4) is 0 Å². The first-order valence-electron chi connectivity index (χ1n) is 10.2. The maximum absolute atomic E-state index is 13.1. The molecule has 1 aliphatic rings. The zero-order valence-corrected chi connectivity index (χ0v) is 19.2. The van der Waals surface area contributed by atoms with E-state index in [2.05, 4.69) is 9.88 Å². The smallest absolute Gasteiger partial charge is 0.232 e. The zero-order valence-electron chi connectivity index (χ0n) is 18.4. The van der Waals surface area contributed by atoms with Gasteiger partial charge in [0.25, 0.3) is 0 Å². The van der Waals surface area contributed by atoms with Crippen LogP contribution in [0.3, 0.4) is 0 Å². The van der Waals surface area contributed by atoms with E-state index in [1.165, 1.54) is 0 Å². The van der Waals surface area contributed by atoms with Gasteiger partial charge in [0.2, 0.25) is 5.91 Å². The van der Waals surface area contributed by atoms with Gasteiger partial charge in [0.05, 0.1) is 22.0 Å². The number of aromatic nitrogens is 1. The van der Waals surface area contributed by atoms with Crippen LogP contribution >= 0.6 is 0 Å². The van der Waals surface area contributed by atoms with Crippen LogP contribution in [-0.4, -0.2) is 55.1 Å². The normalized spacial score (nSPS) is 15.9. The molecule has 0 aliphatic carbocycles. The lowest BCUT2D eigenvalue weighted by Gasteiger charge is -2.39. The lowest BCUT2D eigenvalue weighted by Crippen LogP contribution is -2.53. The van der Waals surface area contributed by atoms with Gasteiger partial charge in [-0.1, -0.05) is 30.3 Å². The number of hydrogen-bond acceptors (Lipinski definition) is 5. The molecule has 1 amide bonds. The molecular formula is C23H31N3O3S. The van der Waals surface area contributed by atoms with E-state index in [9.17, 15) is 13.2 Å². The zero-order chi connectivity index (χ0) is 22.2. The Balaban J connectivity index is 1.67. The van der Waals surface area contributed by atoms with Crippen molar-refractivity contribution in [1.82, 2.24) is 9.88 Å². The fourth-order valence-corrected chi connectivity index (χ4v) is 4.64. The van der Waals surface area contributed by atoms with E-state index in [1.54, 1.807) is 39.1 Å². The number of nitrogens with zero attached hydrogens (tertiary/aromatic N) is 3. The molecule has 7 heteroatoms. The van der Waals surface area contributed by atoms with E-state index in [0.29, 0.717) is 26.2 Å². The van der Waals surface area contributed by atoms with Crippen molar-refractivity contribution in [2.45, 2.75) is 49.8 Å². The number of carbonyl (C=O) groups excluding carboxylic acids is 1. The summed E-state index contributed by atoms with van der Waals surface area (Å²) in [5.41, 5.74) is 1.31. The number of sulfone groups is 1. The number of benzene rings is 1. The van der Waals surface area contributed by atoms with E-state index in [4.69, 9.17) is 0 Å². The standard InChI is InChI=1S/C23H31N3O3S/c1-22(2,3)30(28,29)20-12-11-19(17-24-20)25-13-15-26(16-14-25)21(27)23(4,5)18-9-7-6-8-10-18/h6-12,17H,13-16H2,1-5H3. The second kappa shape index (κ2) is 8.02. The second-order valence-corrected chi connectivity index (χ2v) is 11.9. The van der Waals surface area contributed by atoms with Gasteiger partial charge in [0.15, 0.2) is 14.9 Å². The summed E-state index contributed by atoms with van der Waals surface area (Å²) in [4.78, 5) is 21.4. The fraction of sp³-hybridized carbons (Fsp3) is 0.478. The molecule has 0 radical (unpaired) electrons. The number of piperazine rings is 1. The molecule has 1 aromatic carbocycles. The van der Waals surface area contributed by atoms with E-state index in [0.717, 1.165) is 11.3 Å². The quantitative estimate of drug-likeness (QED) is 0.746. The first-order chi connectivity index (χ1) is 13.9. The van der Waals surface area contributed by atoms with E-state index in [-0.39, 0.29) is 10.9 Å². The molecule has 0 atom stereocenters. The Bertz CT molecular complexity index is 986. The molecule has 1 saturated heterocycles. The minimum Gasteiger partial charge on any atom is -0.367 e. The predicted molar refractivity (Wildman–Crippen MR) is 119 cm³/mol. The molecule has 0 N–H and O–H groups in total. The Kier molecular flexibility index (Phi) is 5.96. The van der Waals surface area contributed by atoms with Gasteiger partial charge in [-0.05, 0) is 52.3 Å². The molecule has 0 saturated carbocycles. The van der Waals surface area contributed by atoms with Crippen LogP contribution in [0.2, 0.25) is 0 Å². The molecule has 0 spiro atoms. The number of anilines is 1. The molecule has 0 bridgehead atoms. The molecule has 0 unspecified atom stereocenters. The second-order valence-electron chi connectivity index (χ2n) is 9.24. The average molecular weight is 430 g/mol. The Morgan fingerprint density at radius 1 is 0.900 bits per heavy atom. The number of amides is 1. The molecule has 3 rings (SSSR count). The van der Waals surface area contributed by atoms with Crippen molar-refractivity contribution in [3.05, 3.63) is 54.2 Å². The van der Waals surface area contributed by atoms with Gasteiger partial charge in [-0.3, -0.25) is 4.79 Å². The maximum atomic E-state index is 13.1. The minimum atomic E-state index is -3.47. The van der Waals surface area contributed by atoms with E-state index in [1.807, 2.05) is 49.1 Å². The van der Waals surface area contributed by atoms with Gasteiger partial charge >= 0.3 is 0 Å². The third kappa shape index (κ3) is 4.21. The fourth-order valence-electron chi connectivity index (χ4n) is 3.57. The first kappa shape index (κ1) is 22.3. The van der Waals surface area contributed by atoms with Crippen LogP contribution in [0.5, 0.6) is 0 Å². The van der Waals surface area contributed by atoms with E-state index < -0.39 is 20.0 Å². The largest absolute Gasteiger partial charge is 0.367 e. The van der Waals surface area contributed by atoms with Crippen LogP contribution in [-0.2, 0) is 20.0 Å². The number of hydrogen-bond donors (Lipinski definition) is 0. The summed E-state index contributed by atoms with van der Waals surface area (Å²) < 4.78 is 24.2. The first-order valence-corrected chi connectivity index (χ1v) is 11.7. The lowest BCUT2D eigenvalue weighted by molar-refractivity contribution is -0.136. The van der Waals surface area contributed by atoms with Crippen molar-refractivity contribution >= 4 is 21.4 Å². The minimum absolute atomic E-state index is 0.0946. The summed E-state index contributed by atoms with van der Waals surface area (Å²) >= 11 is 0. The number of carbonyl (C=O) groups is 1. The van der Waals surface area contributed by atoms with Crippen LogP contribution in [0.25, 0.3) is 0 Å². The van der Waals surface area contributed by atoms with Gasteiger partial charge in [0.1, 0.15) is 0 Å². The molecule has 1 aromatic heterocycles. The number of rotatable bonds is 4. The summed E-state index contributed by atoms with van der Waals surface area (Å²) in [7, 11) is -3.47. The third-order valence-corrected chi connectivity index (χ3v) is 8.17. The molecule has 1 aliphatic heterocycles. The van der Waals surface area contributed by atoms with Crippen molar-refractivity contribution in [3.63, 3.8) is 0 Å². The predicted octanol–water partition coefficient (Wildman–Crippen LogP) is 3.28. The van der Waals surface area contributed by atoms with Crippen LogP contribution in [0.15, 0.2) is 53.7 Å². The highest BCUT2D eigenvalue weighted by molar-refractivity contribution is 7.92. The Morgan fingerprint density at radius 3 is 2.00 bits per heavy atom.